The Morgan fingerprint density at radius 3 is 2.71 bits per heavy atom. The Kier molecular flexibility index (Phi) is 2.17. The minimum absolute atomic E-state index is 0.0214. The summed E-state index contributed by atoms with van der Waals surface area (Å²) in [7, 11) is 0. The molecule has 0 radical (unpaired) electrons. The third-order valence-electron chi connectivity index (χ3n) is 1.91. The van der Waals surface area contributed by atoms with E-state index in [1.54, 1.807) is 18.2 Å². The molecule has 1 aromatic carbocycles. The molecule has 2 N–H and O–H groups in total. The van der Waals surface area contributed by atoms with E-state index in [4.69, 9.17) is 5.41 Å². The van der Waals surface area contributed by atoms with Gasteiger partial charge in [-0.25, -0.2) is 0 Å². The number of hydrogen-bond donors (Lipinski definition) is 2. The fourth-order valence-electron chi connectivity index (χ4n) is 1.27. The molecule has 1 aliphatic heterocycles. The lowest BCUT2D eigenvalue weighted by atomic mass is 10.2. The van der Waals surface area contributed by atoms with E-state index in [1.165, 1.54) is 22.7 Å². The molecule has 14 heavy (non-hydrogen) atoms. The minimum atomic E-state index is -0.165. The lowest BCUT2D eigenvalue weighted by Crippen LogP contribution is -2.28. The summed E-state index contributed by atoms with van der Waals surface area (Å²) >= 11 is 1.17. The van der Waals surface area contributed by atoms with Gasteiger partial charge in [0.2, 0.25) is 5.91 Å². The number of thioether (sulfide) groups is 1. The summed E-state index contributed by atoms with van der Waals surface area (Å²) in [6.07, 6.45) is 0. The van der Waals surface area contributed by atoms with Crippen LogP contribution in [0.4, 0.5) is 5.69 Å². The molecule has 2 rings (SSSR count). The van der Waals surface area contributed by atoms with E-state index in [1.807, 2.05) is 0 Å². The van der Waals surface area contributed by atoms with Crippen LogP contribution < -0.4 is 4.90 Å². The number of benzene rings is 1. The van der Waals surface area contributed by atoms with E-state index in [2.05, 4.69) is 0 Å². The molecule has 1 amide bonds. The summed E-state index contributed by atoms with van der Waals surface area (Å²) in [5.74, 6) is 0.127. The van der Waals surface area contributed by atoms with Crippen LogP contribution in [0.25, 0.3) is 0 Å². The Balaban J connectivity index is 2.44. The summed E-state index contributed by atoms with van der Waals surface area (Å²) in [6.45, 7) is 0. The molecule has 0 spiro atoms. The topological polar surface area (TPSA) is 64.4 Å². The largest absolute Gasteiger partial charge is 0.506 e. The highest BCUT2D eigenvalue weighted by Crippen LogP contribution is 2.32. The molecule has 1 aliphatic rings. The lowest BCUT2D eigenvalue weighted by molar-refractivity contribution is -0.115. The molecular weight excluding hydrogens is 200 g/mol. The minimum Gasteiger partial charge on any atom is -0.506 e. The molecule has 0 aliphatic carbocycles. The fraction of sp³-hybridized carbons (Fsp3) is 0.111. The van der Waals surface area contributed by atoms with Crippen LogP contribution in [0, 0.1) is 5.41 Å². The fourth-order valence-corrected chi connectivity index (χ4v) is 1.99. The normalized spacial score (nSPS) is 16.4. The summed E-state index contributed by atoms with van der Waals surface area (Å²) in [4.78, 5) is 12.6. The predicted octanol–water partition coefficient (Wildman–Crippen LogP) is 1.41. The van der Waals surface area contributed by atoms with E-state index in [0.717, 1.165) is 0 Å². The van der Waals surface area contributed by atoms with Gasteiger partial charge in [0.25, 0.3) is 0 Å². The van der Waals surface area contributed by atoms with Gasteiger partial charge < -0.3 is 5.11 Å². The number of rotatable bonds is 1. The van der Waals surface area contributed by atoms with Gasteiger partial charge in [-0.3, -0.25) is 15.1 Å². The number of carbonyl (C=O) groups is 1. The molecule has 1 aromatic rings. The molecule has 0 saturated carbocycles. The number of carbonyl (C=O) groups excluding carboxylic acids is 1. The van der Waals surface area contributed by atoms with Gasteiger partial charge in [-0.1, -0.05) is 23.9 Å². The van der Waals surface area contributed by atoms with Crippen LogP contribution in [0.15, 0.2) is 24.3 Å². The molecule has 0 atom stereocenters. The molecular formula is C9H8N2O2S. The highest BCUT2D eigenvalue weighted by atomic mass is 32.2. The van der Waals surface area contributed by atoms with Gasteiger partial charge in [0.1, 0.15) is 5.75 Å². The quantitative estimate of drug-likeness (QED) is 0.733. The zero-order valence-corrected chi connectivity index (χ0v) is 8.04. The van der Waals surface area contributed by atoms with Crippen LogP contribution in [0.1, 0.15) is 0 Å². The summed E-state index contributed by atoms with van der Waals surface area (Å²) in [5.41, 5.74) is 0.382. The highest BCUT2D eigenvalue weighted by molar-refractivity contribution is 8.15. The Bertz CT molecular complexity index is 390. The first-order chi connectivity index (χ1) is 6.70. The number of anilines is 1. The van der Waals surface area contributed by atoms with Gasteiger partial charge in [0, 0.05) is 0 Å². The SMILES string of the molecule is N=C1SCC(=O)N1c1ccccc1O. The van der Waals surface area contributed by atoms with E-state index < -0.39 is 0 Å². The number of aromatic hydroxyl groups is 1. The third-order valence-corrected chi connectivity index (χ3v) is 2.75. The molecule has 0 bridgehead atoms. The number of hydrogen-bond acceptors (Lipinski definition) is 4. The number of nitrogens with one attached hydrogen (secondary N) is 1. The van der Waals surface area contributed by atoms with E-state index in [0.29, 0.717) is 5.69 Å². The van der Waals surface area contributed by atoms with Crippen molar-refractivity contribution < 1.29 is 9.90 Å². The van der Waals surface area contributed by atoms with Gasteiger partial charge >= 0.3 is 0 Å². The molecule has 1 heterocycles. The van der Waals surface area contributed by atoms with Crippen molar-refractivity contribution in [3.8, 4) is 5.75 Å². The summed E-state index contributed by atoms with van der Waals surface area (Å²) in [6, 6.07) is 6.52. The van der Waals surface area contributed by atoms with Gasteiger partial charge in [0.15, 0.2) is 5.17 Å². The van der Waals surface area contributed by atoms with Crippen molar-refractivity contribution in [3.05, 3.63) is 24.3 Å². The Hall–Kier alpha value is -1.49. The first kappa shape index (κ1) is 9.08. The second-order valence-corrected chi connectivity index (χ2v) is 3.78. The van der Waals surface area contributed by atoms with Crippen molar-refractivity contribution in [1.29, 1.82) is 5.41 Å². The smallest absolute Gasteiger partial charge is 0.243 e. The molecule has 0 aromatic heterocycles. The second-order valence-electron chi connectivity index (χ2n) is 2.81. The van der Waals surface area contributed by atoms with Gasteiger partial charge in [0.05, 0.1) is 11.4 Å². The van der Waals surface area contributed by atoms with Gasteiger partial charge in [-0.05, 0) is 12.1 Å². The Morgan fingerprint density at radius 1 is 1.43 bits per heavy atom. The van der Waals surface area contributed by atoms with Crippen LogP contribution >= 0.6 is 11.8 Å². The molecule has 4 nitrogen and oxygen atoms in total. The Labute approximate surface area is 85.0 Å². The summed E-state index contributed by atoms with van der Waals surface area (Å²) in [5, 5.41) is 17.2. The van der Waals surface area contributed by atoms with Gasteiger partial charge in [-0.15, -0.1) is 0 Å². The monoisotopic (exact) mass is 208 g/mol. The first-order valence-electron chi connectivity index (χ1n) is 4.02. The highest BCUT2D eigenvalue weighted by Gasteiger charge is 2.29. The van der Waals surface area contributed by atoms with Crippen LogP contribution in [0.5, 0.6) is 5.75 Å². The molecule has 5 heteroatoms. The van der Waals surface area contributed by atoms with Crippen LogP contribution in [-0.4, -0.2) is 21.9 Å². The van der Waals surface area contributed by atoms with E-state index >= 15 is 0 Å². The van der Waals surface area contributed by atoms with Crippen molar-refractivity contribution in [2.24, 2.45) is 0 Å². The zero-order valence-electron chi connectivity index (χ0n) is 7.23. The number of phenols is 1. The molecule has 72 valence electrons. The average Bonchev–Trinajstić information content (AvgIpc) is 2.48. The average molecular weight is 208 g/mol. The van der Waals surface area contributed by atoms with Crippen LogP contribution in [0.2, 0.25) is 0 Å². The number of amidine groups is 1. The van der Waals surface area contributed by atoms with Crippen LogP contribution in [0.3, 0.4) is 0 Å². The van der Waals surface area contributed by atoms with Crippen molar-refractivity contribution >= 4 is 28.5 Å². The maximum Gasteiger partial charge on any atom is 0.243 e. The van der Waals surface area contributed by atoms with Crippen LogP contribution in [-0.2, 0) is 4.79 Å². The lowest BCUT2D eigenvalue weighted by Gasteiger charge is -2.15. The standard InChI is InChI=1S/C9H8N2O2S/c10-9-11(8(13)5-14-9)6-3-1-2-4-7(6)12/h1-4,10,12H,5H2. The number of amides is 1. The van der Waals surface area contributed by atoms with Crippen molar-refractivity contribution in [2.75, 3.05) is 10.7 Å². The number of para-hydroxylation sites is 2. The molecule has 0 unspecified atom stereocenters. The molecule has 1 saturated heterocycles. The predicted molar refractivity (Wildman–Crippen MR) is 55.8 cm³/mol. The number of phenolic OH excluding ortho intramolecular Hbond substituents is 1. The van der Waals surface area contributed by atoms with E-state index in [-0.39, 0.29) is 22.6 Å². The zero-order chi connectivity index (χ0) is 10.1. The Morgan fingerprint density at radius 2 is 2.14 bits per heavy atom. The molecule has 1 fully saturated rings. The summed E-state index contributed by atoms with van der Waals surface area (Å²) < 4.78 is 0. The first-order valence-corrected chi connectivity index (χ1v) is 5.01. The second kappa shape index (κ2) is 3.34. The van der Waals surface area contributed by atoms with Crippen molar-refractivity contribution in [2.45, 2.75) is 0 Å². The maximum absolute atomic E-state index is 11.4. The number of nitrogens with zero attached hydrogens (tertiary/aromatic N) is 1. The maximum atomic E-state index is 11.4. The van der Waals surface area contributed by atoms with Crippen molar-refractivity contribution in [3.63, 3.8) is 0 Å². The van der Waals surface area contributed by atoms with Gasteiger partial charge in [-0.2, -0.15) is 0 Å². The van der Waals surface area contributed by atoms with E-state index in [9.17, 15) is 9.90 Å². The third kappa shape index (κ3) is 1.35. The van der Waals surface area contributed by atoms with Crippen molar-refractivity contribution in [1.82, 2.24) is 0 Å².